The number of para-hydroxylation sites is 1. The molecule has 0 aliphatic carbocycles. The molecule has 2 N–H and O–H groups in total. The van der Waals surface area contributed by atoms with Gasteiger partial charge < -0.3 is 0 Å². The number of nitrogens with zero attached hydrogens (tertiary/aromatic N) is 5. The number of aryl methyl sites for hydroxylation is 1. The fourth-order valence-corrected chi connectivity index (χ4v) is 3.01. The Hall–Kier alpha value is -2.99. The average molecular weight is 337 g/mol. The van der Waals surface area contributed by atoms with E-state index in [2.05, 4.69) is 20.2 Å². The summed E-state index contributed by atoms with van der Waals surface area (Å²) in [4.78, 5) is 18.1. The van der Waals surface area contributed by atoms with Gasteiger partial charge in [0.05, 0.1) is 11.1 Å². The number of fused-ring (bicyclic) bond motifs is 1. The van der Waals surface area contributed by atoms with Crippen molar-refractivity contribution in [3.63, 3.8) is 0 Å². The fraction of sp³-hybridized carbons (Fsp3) is 0.0909. The van der Waals surface area contributed by atoms with Crippen molar-refractivity contribution in [1.82, 2.24) is 15.0 Å². The zero-order valence-corrected chi connectivity index (χ0v) is 12.6. The van der Waals surface area contributed by atoms with Gasteiger partial charge in [-0.15, -0.1) is 5.53 Å². The molecule has 0 atom stereocenters. The molecule has 2 aliphatic rings. The summed E-state index contributed by atoms with van der Waals surface area (Å²) < 4.78 is 27.8. The van der Waals surface area contributed by atoms with Crippen molar-refractivity contribution in [2.24, 2.45) is 9.98 Å². The highest BCUT2D eigenvalue weighted by Gasteiger charge is 2.31. The third-order valence-electron chi connectivity index (χ3n) is 3.06. The van der Waals surface area contributed by atoms with Crippen LogP contribution < -0.4 is 10.3 Å². The number of hydrazine groups is 2. The fourth-order valence-electron chi connectivity index (χ4n) is 1.96. The Morgan fingerprint density at radius 2 is 2.17 bits per heavy atom. The third-order valence-corrected chi connectivity index (χ3v) is 4.23. The van der Waals surface area contributed by atoms with Gasteiger partial charge in [-0.05, 0) is 12.5 Å². The Kier molecular flexibility index (Phi) is 3.46. The van der Waals surface area contributed by atoms with Crippen molar-refractivity contribution >= 4 is 34.3 Å². The van der Waals surface area contributed by atoms with Gasteiger partial charge in [0.2, 0.25) is 0 Å². The van der Waals surface area contributed by atoms with E-state index in [1.807, 2.05) is 0 Å². The van der Waals surface area contributed by atoms with E-state index in [0.29, 0.717) is 11.4 Å². The molecule has 2 heterocycles. The number of nitro benzene ring substituents is 1. The molecule has 120 valence electrons. The molecule has 0 amide bonds. The molecule has 0 unspecified atom stereocenters. The number of rotatable bonds is 4. The maximum Gasteiger partial charge on any atom is 0.338 e. The zero-order valence-electron chi connectivity index (χ0n) is 11.7. The molecule has 0 aromatic heterocycles. The summed E-state index contributed by atoms with van der Waals surface area (Å²) in [5.74, 6) is 0.310. The highest BCUT2D eigenvalue weighted by atomic mass is 32.2. The minimum Gasteiger partial charge on any atom is -0.258 e. The predicted molar refractivity (Wildman–Crippen MR) is 82.3 cm³/mol. The Morgan fingerprint density at radius 1 is 1.39 bits per heavy atom. The molecule has 2 aliphatic heterocycles. The summed E-state index contributed by atoms with van der Waals surface area (Å²) >= 11 is 0. The Balaban J connectivity index is 1.92. The lowest BCUT2D eigenvalue weighted by molar-refractivity contribution is -0.383. The third kappa shape index (κ3) is 2.72. The molecule has 12 heteroatoms. The largest absolute Gasteiger partial charge is 0.338 e. The molecule has 0 fully saturated rings. The predicted octanol–water partition coefficient (Wildman–Crippen LogP) is 0.466. The first-order valence-electron chi connectivity index (χ1n) is 6.28. The first-order chi connectivity index (χ1) is 10.9. The van der Waals surface area contributed by atoms with Crippen molar-refractivity contribution in [3.8, 4) is 0 Å². The van der Waals surface area contributed by atoms with Gasteiger partial charge in [0.1, 0.15) is 18.4 Å². The number of hydrogen-bond acceptors (Lipinski definition) is 8. The van der Waals surface area contributed by atoms with Gasteiger partial charge in [0.25, 0.3) is 5.69 Å². The quantitative estimate of drug-likeness (QED) is 0.606. The maximum absolute atomic E-state index is 12.4. The first kappa shape index (κ1) is 14.9. The Labute approximate surface area is 130 Å². The van der Waals surface area contributed by atoms with Crippen LogP contribution in [0.25, 0.3) is 0 Å². The van der Waals surface area contributed by atoms with Crippen LogP contribution in [0.15, 0.2) is 40.2 Å². The van der Waals surface area contributed by atoms with Crippen molar-refractivity contribution in [1.29, 1.82) is 0 Å². The zero-order chi connectivity index (χ0) is 16.6. The van der Waals surface area contributed by atoms with Gasteiger partial charge in [-0.3, -0.25) is 14.8 Å². The van der Waals surface area contributed by atoms with Crippen LogP contribution in [0, 0.1) is 17.0 Å². The van der Waals surface area contributed by atoms with Crippen LogP contribution >= 0.6 is 0 Å². The van der Waals surface area contributed by atoms with E-state index in [0.717, 1.165) is 4.41 Å². The average Bonchev–Trinajstić information content (AvgIpc) is 2.94. The van der Waals surface area contributed by atoms with Crippen LogP contribution in [-0.4, -0.2) is 35.4 Å². The lowest BCUT2D eigenvalue weighted by Crippen LogP contribution is -2.45. The van der Waals surface area contributed by atoms with E-state index in [1.54, 1.807) is 13.0 Å². The van der Waals surface area contributed by atoms with Crippen LogP contribution in [0.2, 0.25) is 0 Å². The molecule has 0 saturated carbocycles. The normalized spacial score (nSPS) is 16.3. The van der Waals surface area contributed by atoms with Gasteiger partial charge >= 0.3 is 10.2 Å². The summed E-state index contributed by atoms with van der Waals surface area (Å²) in [6.07, 6.45) is 3.82. The second-order valence-corrected chi connectivity index (χ2v) is 6.14. The smallest absolute Gasteiger partial charge is 0.258 e. The first-order valence-corrected chi connectivity index (χ1v) is 7.72. The second-order valence-electron chi connectivity index (χ2n) is 4.60. The van der Waals surface area contributed by atoms with Crippen molar-refractivity contribution < 1.29 is 13.3 Å². The number of benzene rings is 1. The topological polar surface area (TPSA) is 133 Å². The molecule has 0 saturated heterocycles. The summed E-state index contributed by atoms with van der Waals surface area (Å²) in [6, 6.07) is 4.27. The van der Waals surface area contributed by atoms with E-state index in [1.165, 1.54) is 36.0 Å². The standard InChI is InChI=1S/C11H11N7O4S/c1-8-3-2-4-9(18(19)20)11(8)14-23(21,22)17-5-10-13-6-12-7-16(10)15-17/h2-7,14-15H,1H3. The SMILES string of the molecule is Cc1cccc([N+](=O)[O-])c1NS(=O)(=O)N1C=C2N=CN=CN2N1. The van der Waals surface area contributed by atoms with Crippen molar-refractivity contribution in [2.75, 3.05) is 4.72 Å². The second kappa shape index (κ2) is 5.33. The van der Waals surface area contributed by atoms with Crippen LogP contribution in [0.3, 0.4) is 0 Å². The maximum atomic E-state index is 12.4. The number of nitrogens with one attached hydrogen (secondary N) is 2. The number of hydrogen-bond donors (Lipinski definition) is 2. The highest BCUT2D eigenvalue weighted by Crippen LogP contribution is 2.29. The molecule has 0 bridgehead atoms. The minimum absolute atomic E-state index is 0.0975. The Morgan fingerprint density at radius 3 is 2.87 bits per heavy atom. The number of nitro groups is 1. The van der Waals surface area contributed by atoms with Crippen LogP contribution in [0.5, 0.6) is 0 Å². The number of anilines is 1. The van der Waals surface area contributed by atoms with E-state index < -0.39 is 15.1 Å². The number of aliphatic imine (C=N–C) groups is 2. The van der Waals surface area contributed by atoms with E-state index in [-0.39, 0.29) is 11.4 Å². The van der Waals surface area contributed by atoms with Gasteiger partial charge in [-0.2, -0.15) is 12.8 Å². The van der Waals surface area contributed by atoms with Gasteiger partial charge in [0, 0.05) is 6.07 Å². The van der Waals surface area contributed by atoms with Gasteiger partial charge in [-0.25, -0.2) is 15.0 Å². The molecule has 1 aromatic rings. The van der Waals surface area contributed by atoms with Crippen molar-refractivity contribution in [3.05, 3.63) is 45.9 Å². The van der Waals surface area contributed by atoms with E-state index in [9.17, 15) is 18.5 Å². The molecule has 0 spiro atoms. The lowest BCUT2D eigenvalue weighted by Gasteiger charge is -2.21. The Bertz CT molecular complexity index is 861. The summed E-state index contributed by atoms with van der Waals surface area (Å²) in [5.41, 5.74) is 2.50. The van der Waals surface area contributed by atoms with Crippen molar-refractivity contribution in [2.45, 2.75) is 6.92 Å². The van der Waals surface area contributed by atoms with E-state index in [4.69, 9.17) is 0 Å². The summed E-state index contributed by atoms with van der Waals surface area (Å²) in [5, 5.41) is 12.4. The van der Waals surface area contributed by atoms with Crippen LogP contribution in [0.1, 0.15) is 5.56 Å². The molecule has 11 nitrogen and oxygen atoms in total. The van der Waals surface area contributed by atoms with Gasteiger partial charge in [-0.1, -0.05) is 12.1 Å². The molecule has 23 heavy (non-hydrogen) atoms. The van der Waals surface area contributed by atoms with E-state index >= 15 is 0 Å². The van der Waals surface area contributed by atoms with Crippen LogP contribution in [-0.2, 0) is 10.2 Å². The highest BCUT2D eigenvalue weighted by molar-refractivity contribution is 7.90. The van der Waals surface area contributed by atoms with Crippen LogP contribution in [0.4, 0.5) is 11.4 Å². The molecular formula is C11H11N7O4S. The monoisotopic (exact) mass is 337 g/mol. The summed E-state index contributed by atoms with van der Waals surface area (Å²) in [7, 11) is -4.14. The molecule has 0 radical (unpaired) electrons. The molecular weight excluding hydrogens is 326 g/mol. The summed E-state index contributed by atoms with van der Waals surface area (Å²) in [6.45, 7) is 1.57. The molecule has 1 aromatic carbocycles. The molecule has 3 rings (SSSR count). The lowest BCUT2D eigenvalue weighted by atomic mass is 10.2. The minimum atomic E-state index is -4.14. The van der Waals surface area contributed by atoms with Gasteiger partial charge in [0.15, 0.2) is 5.82 Å².